The molecule has 0 aromatic heterocycles. The molecule has 0 bridgehead atoms. The summed E-state index contributed by atoms with van der Waals surface area (Å²) in [5.74, 6) is -0.0911. The first-order valence-corrected chi connectivity index (χ1v) is 8.72. The zero-order chi connectivity index (χ0) is 18.7. The van der Waals surface area contributed by atoms with Gasteiger partial charge in [0, 0.05) is 48.0 Å². The first kappa shape index (κ1) is 18.0. The largest absolute Gasteiger partial charge is 0.367 e. The number of anilines is 1. The molecule has 0 saturated carbocycles. The quantitative estimate of drug-likeness (QED) is 0.780. The van der Waals surface area contributed by atoms with Crippen molar-refractivity contribution >= 4 is 29.0 Å². The Labute approximate surface area is 157 Å². The maximum Gasteiger partial charge on any atom is 0.254 e. The van der Waals surface area contributed by atoms with E-state index in [1.165, 1.54) is 6.92 Å². The number of nitrogens with zero attached hydrogens (tertiary/aromatic N) is 3. The van der Waals surface area contributed by atoms with Gasteiger partial charge < -0.3 is 9.80 Å². The van der Waals surface area contributed by atoms with E-state index >= 15 is 0 Å². The van der Waals surface area contributed by atoms with Gasteiger partial charge in [0.1, 0.15) is 0 Å². The summed E-state index contributed by atoms with van der Waals surface area (Å²) in [6, 6.07) is 14.1. The molecule has 2 aromatic rings. The summed E-state index contributed by atoms with van der Waals surface area (Å²) in [4.78, 5) is 28.4. The molecule has 0 unspecified atom stereocenters. The molecule has 6 heteroatoms. The number of hydrogen-bond donors (Lipinski definition) is 0. The van der Waals surface area contributed by atoms with Crippen LogP contribution in [-0.4, -0.2) is 42.8 Å². The molecule has 0 atom stereocenters. The van der Waals surface area contributed by atoms with Gasteiger partial charge in [-0.3, -0.25) is 9.59 Å². The SMILES string of the molecule is CC(=O)c1ccc(C#N)cc1N1CCN(C(=O)c2cccc(Cl)c2)CC1. The minimum Gasteiger partial charge on any atom is -0.367 e. The van der Waals surface area contributed by atoms with Gasteiger partial charge in [-0.1, -0.05) is 17.7 Å². The van der Waals surface area contributed by atoms with Gasteiger partial charge in [0.25, 0.3) is 5.91 Å². The molecule has 1 aliphatic heterocycles. The molecular weight excluding hydrogens is 350 g/mol. The lowest BCUT2D eigenvalue weighted by Crippen LogP contribution is -2.49. The lowest BCUT2D eigenvalue weighted by molar-refractivity contribution is 0.0746. The third-order valence-electron chi connectivity index (χ3n) is 4.49. The second-order valence-electron chi connectivity index (χ2n) is 6.19. The fourth-order valence-corrected chi connectivity index (χ4v) is 3.31. The van der Waals surface area contributed by atoms with Gasteiger partial charge in [-0.2, -0.15) is 5.26 Å². The molecule has 1 heterocycles. The number of Topliss-reactive ketones (excluding diaryl/α,β-unsaturated/α-hetero) is 1. The maximum atomic E-state index is 12.6. The zero-order valence-corrected chi connectivity index (χ0v) is 15.2. The molecule has 1 saturated heterocycles. The topological polar surface area (TPSA) is 64.4 Å². The third kappa shape index (κ3) is 3.71. The van der Waals surface area contributed by atoms with Crippen molar-refractivity contribution in [1.82, 2.24) is 4.90 Å². The van der Waals surface area contributed by atoms with Crippen molar-refractivity contribution in [3.8, 4) is 6.07 Å². The lowest BCUT2D eigenvalue weighted by Gasteiger charge is -2.37. The Morgan fingerprint density at radius 2 is 1.81 bits per heavy atom. The summed E-state index contributed by atoms with van der Waals surface area (Å²) in [7, 11) is 0. The van der Waals surface area contributed by atoms with Crippen molar-refractivity contribution in [2.45, 2.75) is 6.92 Å². The van der Waals surface area contributed by atoms with Gasteiger partial charge in [-0.25, -0.2) is 0 Å². The summed E-state index contributed by atoms with van der Waals surface area (Å²) in [6.45, 7) is 3.80. The van der Waals surface area contributed by atoms with Crippen LogP contribution in [0, 0.1) is 11.3 Å². The minimum absolute atomic E-state index is 0.0399. The van der Waals surface area contributed by atoms with Crippen molar-refractivity contribution in [2.75, 3.05) is 31.1 Å². The second-order valence-corrected chi connectivity index (χ2v) is 6.63. The average molecular weight is 368 g/mol. The van der Waals surface area contributed by atoms with E-state index in [1.54, 1.807) is 47.4 Å². The van der Waals surface area contributed by atoms with Crippen molar-refractivity contribution in [3.05, 3.63) is 64.2 Å². The fraction of sp³-hybridized carbons (Fsp3) is 0.250. The summed E-state index contributed by atoms with van der Waals surface area (Å²) in [5, 5.41) is 9.67. The second kappa shape index (κ2) is 7.59. The number of benzene rings is 2. The smallest absolute Gasteiger partial charge is 0.254 e. The average Bonchev–Trinajstić information content (AvgIpc) is 2.67. The molecule has 1 aliphatic rings. The van der Waals surface area contributed by atoms with E-state index in [0.717, 1.165) is 5.69 Å². The van der Waals surface area contributed by atoms with Crippen LogP contribution in [0.1, 0.15) is 33.2 Å². The molecule has 0 aliphatic carbocycles. The van der Waals surface area contributed by atoms with Crippen LogP contribution in [0.25, 0.3) is 0 Å². The van der Waals surface area contributed by atoms with Crippen LogP contribution in [-0.2, 0) is 0 Å². The molecule has 0 N–H and O–H groups in total. The Kier molecular flexibility index (Phi) is 5.24. The van der Waals surface area contributed by atoms with Crippen molar-refractivity contribution in [3.63, 3.8) is 0 Å². The van der Waals surface area contributed by atoms with E-state index in [1.807, 2.05) is 0 Å². The Morgan fingerprint density at radius 3 is 2.42 bits per heavy atom. The summed E-state index contributed by atoms with van der Waals surface area (Å²) >= 11 is 5.97. The summed E-state index contributed by atoms with van der Waals surface area (Å²) in [5.41, 5.74) is 2.44. The number of ketones is 1. The minimum atomic E-state index is -0.0512. The van der Waals surface area contributed by atoms with Gasteiger partial charge in [0.05, 0.1) is 11.6 Å². The highest BCUT2D eigenvalue weighted by Crippen LogP contribution is 2.25. The predicted octanol–water partition coefficient (Wildman–Crippen LogP) is 3.38. The number of amides is 1. The number of hydrogen-bond acceptors (Lipinski definition) is 4. The van der Waals surface area contributed by atoms with Crippen LogP contribution < -0.4 is 4.90 Å². The molecular formula is C20H18ClN3O2. The predicted molar refractivity (Wildman–Crippen MR) is 101 cm³/mol. The first-order chi connectivity index (χ1) is 12.5. The molecule has 0 radical (unpaired) electrons. The van der Waals surface area contributed by atoms with E-state index in [-0.39, 0.29) is 11.7 Å². The standard InChI is InChI=1S/C20H18ClN3O2/c1-14(25)18-6-5-15(13-22)11-19(18)23-7-9-24(10-8-23)20(26)16-3-2-4-17(21)12-16/h2-6,11-12H,7-10H2,1H3. The van der Waals surface area contributed by atoms with Crippen molar-refractivity contribution in [1.29, 1.82) is 5.26 Å². The Morgan fingerprint density at radius 1 is 1.08 bits per heavy atom. The van der Waals surface area contributed by atoms with Crippen LogP contribution >= 0.6 is 11.6 Å². The Bertz CT molecular complexity index is 896. The third-order valence-corrected chi connectivity index (χ3v) is 4.72. The number of carbonyl (C=O) groups is 2. The zero-order valence-electron chi connectivity index (χ0n) is 14.4. The van der Waals surface area contributed by atoms with E-state index in [2.05, 4.69) is 11.0 Å². The lowest BCUT2D eigenvalue weighted by atomic mass is 10.0. The molecule has 132 valence electrons. The summed E-state index contributed by atoms with van der Waals surface area (Å²) in [6.07, 6.45) is 0. The van der Waals surface area contributed by atoms with E-state index in [9.17, 15) is 9.59 Å². The van der Waals surface area contributed by atoms with Gasteiger partial charge >= 0.3 is 0 Å². The van der Waals surface area contributed by atoms with Crippen molar-refractivity contribution in [2.24, 2.45) is 0 Å². The molecule has 26 heavy (non-hydrogen) atoms. The molecule has 2 aromatic carbocycles. The van der Waals surface area contributed by atoms with Crippen LogP contribution in [0.4, 0.5) is 5.69 Å². The fourth-order valence-electron chi connectivity index (χ4n) is 3.12. The molecule has 3 rings (SSSR count). The molecule has 5 nitrogen and oxygen atoms in total. The highest BCUT2D eigenvalue weighted by atomic mass is 35.5. The van der Waals surface area contributed by atoms with E-state index in [0.29, 0.717) is 47.9 Å². The Hall–Kier alpha value is -2.84. The van der Waals surface area contributed by atoms with Crippen LogP contribution in [0.2, 0.25) is 5.02 Å². The van der Waals surface area contributed by atoms with Crippen LogP contribution in [0.5, 0.6) is 0 Å². The van der Waals surface area contributed by atoms with Crippen molar-refractivity contribution < 1.29 is 9.59 Å². The number of nitriles is 1. The van der Waals surface area contributed by atoms with E-state index in [4.69, 9.17) is 16.9 Å². The molecule has 0 spiro atoms. The van der Waals surface area contributed by atoms with Gasteiger partial charge in [-0.15, -0.1) is 0 Å². The summed E-state index contributed by atoms with van der Waals surface area (Å²) < 4.78 is 0. The first-order valence-electron chi connectivity index (χ1n) is 8.34. The van der Waals surface area contributed by atoms with Gasteiger partial charge in [0.2, 0.25) is 0 Å². The highest BCUT2D eigenvalue weighted by Gasteiger charge is 2.24. The highest BCUT2D eigenvalue weighted by molar-refractivity contribution is 6.30. The Balaban J connectivity index is 1.76. The number of rotatable bonds is 3. The van der Waals surface area contributed by atoms with Gasteiger partial charge in [0.15, 0.2) is 5.78 Å². The van der Waals surface area contributed by atoms with Crippen LogP contribution in [0.15, 0.2) is 42.5 Å². The van der Waals surface area contributed by atoms with Gasteiger partial charge in [-0.05, 0) is 43.3 Å². The number of piperazine rings is 1. The van der Waals surface area contributed by atoms with Crippen LogP contribution in [0.3, 0.4) is 0 Å². The monoisotopic (exact) mass is 367 g/mol. The molecule has 1 amide bonds. The molecule has 1 fully saturated rings. The normalized spacial score (nSPS) is 14.0. The maximum absolute atomic E-state index is 12.6. The number of carbonyl (C=O) groups excluding carboxylic acids is 2. The van der Waals surface area contributed by atoms with E-state index < -0.39 is 0 Å². The number of halogens is 1.